The van der Waals surface area contributed by atoms with Crippen LogP contribution in [0.25, 0.3) is 0 Å². The standard InChI is InChI=1S/C14H14BrNO2/c1-12(15)11-16(10-6-9-14(17)18-2)13-7-4-3-5-8-13/h3-5,7-8H,1,10-11H2,2H3. The van der Waals surface area contributed by atoms with Crippen molar-refractivity contribution in [1.82, 2.24) is 0 Å². The molecule has 1 aromatic rings. The molecule has 0 saturated carbocycles. The van der Waals surface area contributed by atoms with Crippen molar-refractivity contribution in [3.05, 3.63) is 41.4 Å². The molecule has 0 amide bonds. The third kappa shape index (κ3) is 5.07. The van der Waals surface area contributed by atoms with Gasteiger partial charge in [-0.2, -0.15) is 0 Å². The lowest BCUT2D eigenvalue weighted by molar-refractivity contribution is -0.133. The monoisotopic (exact) mass is 307 g/mol. The van der Waals surface area contributed by atoms with Crippen LogP contribution in [0.5, 0.6) is 0 Å². The van der Waals surface area contributed by atoms with E-state index in [1.807, 2.05) is 35.2 Å². The van der Waals surface area contributed by atoms with Gasteiger partial charge in [-0.15, -0.1) is 0 Å². The summed E-state index contributed by atoms with van der Waals surface area (Å²) in [5.41, 5.74) is 1.03. The number of methoxy groups -OCH3 is 1. The smallest absolute Gasteiger partial charge is 0.384 e. The fraction of sp³-hybridized carbons (Fsp3) is 0.214. The van der Waals surface area contributed by atoms with Crippen LogP contribution in [0.15, 0.2) is 41.4 Å². The summed E-state index contributed by atoms with van der Waals surface area (Å²) >= 11 is 3.33. The number of para-hydroxylation sites is 1. The van der Waals surface area contributed by atoms with Crippen molar-refractivity contribution in [2.24, 2.45) is 0 Å². The van der Waals surface area contributed by atoms with Gasteiger partial charge in [0.25, 0.3) is 0 Å². The number of nitrogens with zero attached hydrogens (tertiary/aromatic N) is 1. The Morgan fingerprint density at radius 2 is 2.11 bits per heavy atom. The number of esters is 1. The molecular weight excluding hydrogens is 294 g/mol. The zero-order valence-electron chi connectivity index (χ0n) is 10.1. The molecule has 0 aliphatic rings. The number of halogens is 1. The number of benzene rings is 1. The number of anilines is 1. The van der Waals surface area contributed by atoms with Crippen LogP contribution >= 0.6 is 15.9 Å². The molecule has 0 N–H and O–H groups in total. The molecule has 1 aromatic carbocycles. The van der Waals surface area contributed by atoms with Gasteiger partial charge in [0.15, 0.2) is 0 Å². The van der Waals surface area contributed by atoms with E-state index >= 15 is 0 Å². The summed E-state index contributed by atoms with van der Waals surface area (Å²) in [7, 11) is 1.31. The van der Waals surface area contributed by atoms with E-state index in [0.29, 0.717) is 13.1 Å². The average Bonchev–Trinajstić information content (AvgIpc) is 2.38. The number of hydrogen-bond acceptors (Lipinski definition) is 3. The second-order valence-electron chi connectivity index (χ2n) is 3.50. The Kier molecular flexibility index (Phi) is 6.03. The first-order valence-corrected chi connectivity index (χ1v) is 6.13. The molecule has 0 aliphatic carbocycles. The van der Waals surface area contributed by atoms with Gasteiger partial charge in [-0.05, 0) is 12.1 Å². The summed E-state index contributed by atoms with van der Waals surface area (Å²) in [6.45, 7) is 4.87. The highest BCUT2D eigenvalue weighted by atomic mass is 79.9. The molecule has 0 atom stereocenters. The number of hydrogen-bond donors (Lipinski definition) is 0. The topological polar surface area (TPSA) is 29.5 Å². The summed E-state index contributed by atoms with van der Waals surface area (Å²) < 4.78 is 5.31. The van der Waals surface area contributed by atoms with Gasteiger partial charge in [0.2, 0.25) is 0 Å². The Balaban J connectivity index is 2.76. The van der Waals surface area contributed by atoms with Crippen LogP contribution in [0.4, 0.5) is 5.69 Å². The van der Waals surface area contributed by atoms with Gasteiger partial charge in [-0.3, -0.25) is 0 Å². The van der Waals surface area contributed by atoms with Gasteiger partial charge >= 0.3 is 5.97 Å². The molecule has 0 fully saturated rings. The summed E-state index contributed by atoms with van der Waals surface area (Å²) in [5, 5.41) is 0. The maximum Gasteiger partial charge on any atom is 0.384 e. The van der Waals surface area contributed by atoms with E-state index in [1.54, 1.807) is 0 Å². The third-order valence-corrected chi connectivity index (χ3v) is 2.38. The fourth-order valence-corrected chi connectivity index (χ4v) is 1.65. The summed E-state index contributed by atoms with van der Waals surface area (Å²) in [4.78, 5) is 12.9. The second-order valence-corrected chi connectivity index (χ2v) is 4.62. The second kappa shape index (κ2) is 7.57. The van der Waals surface area contributed by atoms with Crippen LogP contribution in [-0.4, -0.2) is 26.2 Å². The van der Waals surface area contributed by atoms with Crippen LogP contribution in [0.3, 0.4) is 0 Å². The van der Waals surface area contributed by atoms with E-state index < -0.39 is 5.97 Å². The highest BCUT2D eigenvalue weighted by Gasteiger charge is 2.04. The first-order valence-electron chi connectivity index (χ1n) is 5.33. The van der Waals surface area contributed by atoms with Crippen LogP contribution in [0.2, 0.25) is 0 Å². The Bertz CT molecular complexity index is 474. The summed E-state index contributed by atoms with van der Waals surface area (Å²) in [6.07, 6.45) is 0. The van der Waals surface area contributed by atoms with Crippen molar-refractivity contribution >= 4 is 27.6 Å². The van der Waals surface area contributed by atoms with E-state index in [-0.39, 0.29) is 0 Å². The molecule has 0 radical (unpaired) electrons. The molecule has 0 bridgehead atoms. The van der Waals surface area contributed by atoms with Crippen molar-refractivity contribution < 1.29 is 9.53 Å². The van der Waals surface area contributed by atoms with Crippen LogP contribution in [0, 0.1) is 11.8 Å². The molecule has 18 heavy (non-hydrogen) atoms. The molecule has 0 aromatic heterocycles. The normalized spacial score (nSPS) is 9.00. The molecule has 4 heteroatoms. The fourth-order valence-electron chi connectivity index (χ4n) is 1.34. The van der Waals surface area contributed by atoms with E-state index in [9.17, 15) is 4.79 Å². The molecule has 3 nitrogen and oxygen atoms in total. The first kappa shape index (κ1) is 14.3. The third-order valence-electron chi connectivity index (χ3n) is 2.13. The van der Waals surface area contributed by atoms with E-state index in [1.165, 1.54) is 7.11 Å². The van der Waals surface area contributed by atoms with Crippen molar-refractivity contribution in [3.8, 4) is 11.8 Å². The Labute approximate surface area is 116 Å². The number of carbonyl (C=O) groups is 1. The highest BCUT2D eigenvalue weighted by molar-refractivity contribution is 9.11. The number of ether oxygens (including phenoxy) is 1. The van der Waals surface area contributed by atoms with Gasteiger partial charge < -0.3 is 9.64 Å². The zero-order valence-corrected chi connectivity index (χ0v) is 11.7. The van der Waals surface area contributed by atoms with E-state index in [2.05, 4.69) is 39.1 Å². The van der Waals surface area contributed by atoms with Gasteiger partial charge in [0.1, 0.15) is 0 Å². The van der Waals surface area contributed by atoms with Crippen LogP contribution < -0.4 is 4.90 Å². The summed E-state index contributed by atoms with van der Waals surface area (Å²) in [6, 6.07) is 9.82. The average molecular weight is 308 g/mol. The quantitative estimate of drug-likeness (QED) is 0.486. The Morgan fingerprint density at radius 3 is 2.67 bits per heavy atom. The van der Waals surface area contributed by atoms with Gasteiger partial charge in [-0.25, -0.2) is 4.79 Å². The Morgan fingerprint density at radius 1 is 1.44 bits per heavy atom. The predicted molar refractivity (Wildman–Crippen MR) is 76.5 cm³/mol. The maximum absolute atomic E-state index is 10.9. The van der Waals surface area contributed by atoms with Crippen LogP contribution in [0.1, 0.15) is 0 Å². The summed E-state index contributed by atoms with van der Waals surface area (Å²) in [5.74, 6) is 4.66. The number of carbonyl (C=O) groups excluding carboxylic acids is 1. The molecule has 0 heterocycles. The number of rotatable bonds is 4. The molecule has 0 saturated heterocycles. The lowest BCUT2D eigenvalue weighted by atomic mass is 10.3. The van der Waals surface area contributed by atoms with Gasteiger partial charge in [0.05, 0.1) is 13.7 Å². The zero-order chi connectivity index (χ0) is 13.4. The molecule has 0 spiro atoms. The van der Waals surface area contributed by atoms with Crippen molar-refractivity contribution in [2.75, 3.05) is 25.1 Å². The molecule has 1 rings (SSSR count). The van der Waals surface area contributed by atoms with Crippen molar-refractivity contribution in [2.45, 2.75) is 0 Å². The predicted octanol–water partition coefficient (Wildman–Crippen LogP) is 2.58. The Hall–Kier alpha value is -1.73. The van der Waals surface area contributed by atoms with Crippen molar-refractivity contribution in [1.29, 1.82) is 0 Å². The first-order chi connectivity index (χ1) is 8.63. The van der Waals surface area contributed by atoms with Gasteiger partial charge in [0, 0.05) is 22.6 Å². The maximum atomic E-state index is 10.9. The van der Waals surface area contributed by atoms with Gasteiger partial charge in [-0.1, -0.05) is 46.6 Å². The molecular formula is C14H14BrNO2. The van der Waals surface area contributed by atoms with Crippen LogP contribution in [-0.2, 0) is 9.53 Å². The van der Waals surface area contributed by atoms with Crippen molar-refractivity contribution in [3.63, 3.8) is 0 Å². The molecule has 0 unspecified atom stereocenters. The van der Waals surface area contributed by atoms with E-state index in [0.717, 1.165) is 10.2 Å². The lowest BCUT2D eigenvalue weighted by Crippen LogP contribution is -2.24. The highest BCUT2D eigenvalue weighted by Crippen LogP contribution is 2.15. The minimum absolute atomic E-state index is 0.434. The molecule has 0 aliphatic heterocycles. The van der Waals surface area contributed by atoms with E-state index in [4.69, 9.17) is 0 Å². The minimum Gasteiger partial charge on any atom is -0.459 e. The largest absolute Gasteiger partial charge is 0.459 e. The molecule has 94 valence electrons. The minimum atomic E-state index is -0.527. The SMILES string of the molecule is C=C(Br)CN(CC#CC(=O)OC)c1ccccc1. The lowest BCUT2D eigenvalue weighted by Gasteiger charge is -2.21.